The average molecular weight is 342 g/mol. The molecule has 0 saturated carbocycles. The second-order valence-corrected chi connectivity index (χ2v) is 5.43. The summed E-state index contributed by atoms with van der Waals surface area (Å²) in [5.74, 6) is 1.45. The molecule has 0 fully saturated rings. The maximum absolute atomic E-state index is 6.00. The number of rotatable bonds is 5. The minimum Gasteiger partial charge on any atom is -0.497 e. The Morgan fingerprint density at radius 2 is 1.96 bits per heavy atom. The van der Waals surface area contributed by atoms with Gasteiger partial charge in [0, 0.05) is 22.2 Å². The summed E-state index contributed by atoms with van der Waals surface area (Å²) in [6, 6.07) is 12.9. The number of methoxy groups -OCH3 is 2. The predicted octanol–water partition coefficient (Wildman–Crippen LogP) is 4.35. The van der Waals surface area contributed by atoms with Gasteiger partial charge in [0.15, 0.2) is 0 Å². The van der Waals surface area contributed by atoms with Crippen LogP contribution in [0.5, 0.6) is 11.5 Å². The molecule has 24 heavy (non-hydrogen) atoms. The maximum atomic E-state index is 6.00. The molecule has 0 aliphatic carbocycles. The molecule has 0 spiro atoms. The number of ether oxygens (including phenoxy) is 2. The van der Waals surface area contributed by atoms with Crippen LogP contribution in [0.25, 0.3) is 10.9 Å². The van der Waals surface area contributed by atoms with Crippen molar-refractivity contribution in [1.82, 2.24) is 4.98 Å². The standard InChI is InChI=1S/C18H16ClN3O2/c1-23-14-4-6-18(24-2)12(9-14)11-21-22-16-7-8-20-17-10-13(19)3-5-15(16)17/h3-11H,1-2H3,(H,20,22). The van der Waals surface area contributed by atoms with Gasteiger partial charge in [-0.1, -0.05) is 11.6 Å². The lowest BCUT2D eigenvalue weighted by Gasteiger charge is -2.08. The Morgan fingerprint density at radius 1 is 1.08 bits per heavy atom. The van der Waals surface area contributed by atoms with Crippen LogP contribution >= 0.6 is 11.6 Å². The molecule has 3 rings (SSSR count). The molecule has 2 aromatic carbocycles. The van der Waals surface area contributed by atoms with Crippen LogP contribution in [-0.4, -0.2) is 25.4 Å². The first-order valence-electron chi connectivity index (χ1n) is 7.26. The predicted molar refractivity (Wildman–Crippen MR) is 97.5 cm³/mol. The zero-order valence-corrected chi connectivity index (χ0v) is 14.0. The molecule has 5 nitrogen and oxygen atoms in total. The molecular formula is C18H16ClN3O2. The lowest BCUT2D eigenvalue weighted by atomic mass is 10.2. The van der Waals surface area contributed by atoms with E-state index >= 15 is 0 Å². The molecule has 0 aliphatic rings. The Bertz CT molecular complexity index is 897. The fourth-order valence-corrected chi connectivity index (χ4v) is 2.50. The summed E-state index contributed by atoms with van der Waals surface area (Å²) in [4.78, 5) is 4.31. The van der Waals surface area contributed by atoms with Crippen LogP contribution in [0.4, 0.5) is 5.69 Å². The minimum absolute atomic E-state index is 0.650. The molecule has 1 heterocycles. The Labute approximate surface area is 144 Å². The molecule has 0 saturated heterocycles. The largest absolute Gasteiger partial charge is 0.497 e. The van der Waals surface area contributed by atoms with E-state index < -0.39 is 0 Å². The molecule has 122 valence electrons. The third kappa shape index (κ3) is 3.41. The number of hydrazone groups is 1. The summed E-state index contributed by atoms with van der Waals surface area (Å²) in [6.45, 7) is 0. The quantitative estimate of drug-likeness (QED) is 0.553. The summed E-state index contributed by atoms with van der Waals surface area (Å²) in [7, 11) is 3.24. The summed E-state index contributed by atoms with van der Waals surface area (Å²) in [6.07, 6.45) is 3.40. The van der Waals surface area contributed by atoms with E-state index in [0.29, 0.717) is 10.8 Å². The normalized spacial score (nSPS) is 11.0. The van der Waals surface area contributed by atoms with E-state index in [-0.39, 0.29) is 0 Å². The molecule has 6 heteroatoms. The van der Waals surface area contributed by atoms with Gasteiger partial charge in [0.2, 0.25) is 0 Å². The van der Waals surface area contributed by atoms with Gasteiger partial charge in [0.1, 0.15) is 11.5 Å². The SMILES string of the molecule is COc1ccc(OC)c(C=NNc2ccnc3cc(Cl)ccc23)c1. The van der Waals surface area contributed by atoms with Gasteiger partial charge in [-0.25, -0.2) is 0 Å². The second kappa shape index (κ2) is 7.19. The molecule has 0 aliphatic heterocycles. The van der Waals surface area contributed by atoms with Crippen molar-refractivity contribution in [2.75, 3.05) is 19.6 Å². The van der Waals surface area contributed by atoms with Crippen LogP contribution in [0.1, 0.15) is 5.56 Å². The van der Waals surface area contributed by atoms with E-state index in [9.17, 15) is 0 Å². The Hall–Kier alpha value is -2.79. The lowest BCUT2D eigenvalue weighted by molar-refractivity contribution is 0.402. The van der Waals surface area contributed by atoms with Crippen molar-refractivity contribution in [3.63, 3.8) is 0 Å². The Kier molecular flexibility index (Phi) is 4.82. The highest BCUT2D eigenvalue weighted by Gasteiger charge is 2.04. The van der Waals surface area contributed by atoms with Crippen molar-refractivity contribution in [2.45, 2.75) is 0 Å². The fraction of sp³-hybridized carbons (Fsp3) is 0.111. The van der Waals surface area contributed by atoms with Crippen LogP contribution in [0.2, 0.25) is 5.02 Å². The van der Waals surface area contributed by atoms with Gasteiger partial charge >= 0.3 is 0 Å². The average Bonchev–Trinajstić information content (AvgIpc) is 2.61. The molecule has 0 amide bonds. The highest BCUT2D eigenvalue weighted by molar-refractivity contribution is 6.31. The number of benzene rings is 2. The monoisotopic (exact) mass is 341 g/mol. The zero-order valence-electron chi connectivity index (χ0n) is 13.3. The summed E-state index contributed by atoms with van der Waals surface area (Å²) in [5, 5.41) is 5.89. The number of halogens is 1. The van der Waals surface area contributed by atoms with E-state index in [0.717, 1.165) is 27.9 Å². The number of aromatic nitrogens is 1. The minimum atomic E-state index is 0.650. The van der Waals surface area contributed by atoms with E-state index in [4.69, 9.17) is 21.1 Å². The number of hydrogen-bond donors (Lipinski definition) is 1. The Balaban J connectivity index is 1.87. The number of hydrogen-bond acceptors (Lipinski definition) is 5. The first-order chi connectivity index (χ1) is 11.7. The van der Waals surface area contributed by atoms with Crippen LogP contribution < -0.4 is 14.9 Å². The lowest BCUT2D eigenvalue weighted by Crippen LogP contribution is -1.96. The molecule has 0 unspecified atom stereocenters. The van der Waals surface area contributed by atoms with E-state index in [2.05, 4.69) is 15.5 Å². The third-order valence-electron chi connectivity index (χ3n) is 3.53. The molecule has 0 bridgehead atoms. The van der Waals surface area contributed by atoms with Crippen molar-refractivity contribution < 1.29 is 9.47 Å². The van der Waals surface area contributed by atoms with Gasteiger partial charge in [-0.05, 0) is 42.5 Å². The Morgan fingerprint density at radius 3 is 2.75 bits per heavy atom. The molecule has 3 aromatic rings. The van der Waals surface area contributed by atoms with Gasteiger partial charge in [0.05, 0.1) is 31.6 Å². The highest BCUT2D eigenvalue weighted by atomic mass is 35.5. The van der Waals surface area contributed by atoms with E-state index in [1.54, 1.807) is 26.6 Å². The number of pyridine rings is 1. The smallest absolute Gasteiger partial charge is 0.127 e. The van der Waals surface area contributed by atoms with E-state index in [1.807, 2.05) is 42.5 Å². The first kappa shape index (κ1) is 16.1. The maximum Gasteiger partial charge on any atom is 0.127 e. The van der Waals surface area contributed by atoms with Crippen LogP contribution in [0.3, 0.4) is 0 Å². The van der Waals surface area contributed by atoms with Gasteiger partial charge < -0.3 is 9.47 Å². The summed E-state index contributed by atoms with van der Waals surface area (Å²) in [5.41, 5.74) is 5.49. The first-order valence-corrected chi connectivity index (χ1v) is 7.64. The second-order valence-electron chi connectivity index (χ2n) is 5.00. The van der Waals surface area contributed by atoms with Crippen LogP contribution in [-0.2, 0) is 0 Å². The van der Waals surface area contributed by atoms with Crippen molar-refractivity contribution in [3.05, 3.63) is 59.2 Å². The zero-order chi connectivity index (χ0) is 16.9. The molecule has 1 aromatic heterocycles. The molecular weight excluding hydrogens is 326 g/mol. The van der Waals surface area contributed by atoms with Gasteiger partial charge in [-0.3, -0.25) is 10.4 Å². The van der Waals surface area contributed by atoms with Crippen LogP contribution in [0.15, 0.2) is 53.8 Å². The van der Waals surface area contributed by atoms with Gasteiger partial charge in [0.25, 0.3) is 0 Å². The van der Waals surface area contributed by atoms with Crippen molar-refractivity contribution in [1.29, 1.82) is 0 Å². The van der Waals surface area contributed by atoms with Crippen LogP contribution in [0, 0.1) is 0 Å². The van der Waals surface area contributed by atoms with Crippen molar-refractivity contribution >= 4 is 34.4 Å². The van der Waals surface area contributed by atoms with Crippen molar-refractivity contribution in [3.8, 4) is 11.5 Å². The van der Waals surface area contributed by atoms with Crippen molar-refractivity contribution in [2.24, 2.45) is 5.10 Å². The number of nitrogens with one attached hydrogen (secondary N) is 1. The molecule has 0 radical (unpaired) electrons. The van der Waals surface area contributed by atoms with Gasteiger partial charge in [-0.2, -0.15) is 5.10 Å². The molecule has 0 atom stereocenters. The summed E-state index contributed by atoms with van der Waals surface area (Å²) >= 11 is 6.00. The fourth-order valence-electron chi connectivity index (χ4n) is 2.33. The van der Waals surface area contributed by atoms with E-state index in [1.165, 1.54) is 0 Å². The highest BCUT2D eigenvalue weighted by Crippen LogP contribution is 2.25. The topological polar surface area (TPSA) is 55.7 Å². The number of nitrogens with zero attached hydrogens (tertiary/aromatic N) is 2. The number of anilines is 1. The third-order valence-corrected chi connectivity index (χ3v) is 3.77. The van der Waals surface area contributed by atoms with Gasteiger partial charge in [-0.15, -0.1) is 0 Å². The number of fused-ring (bicyclic) bond motifs is 1. The molecule has 1 N–H and O–H groups in total. The summed E-state index contributed by atoms with van der Waals surface area (Å²) < 4.78 is 10.6.